The van der Waals surface area contributed by atoms with E-state index in [-0.39, 0.29) is 12.4 Å². The summed E-state index contributed by atoms with van der Waals surface area (Å²) in [7, 11) is 0. The Morgan fingerprint density at radius 2 is 2.09 bits per heavy atom. The van der Waals surface area contributed by atoms with Crippen LogP contribution >= 0.6 is 12.4 Å². The molecule has 0 rings (SSSR count). The lowest BCUT2D eigenvalue weighted by molar-refractivity contribution is -0.145. The first kappa shape index (κ1) is 13.3. The van der Waals surface area contributed by atoms with Crippen molar-refractivity contribution < 1.29 is 15.0 Å². The van der Waals surface area contributed by atoms with Gasteiger partial charge in [-0.05, 0) is 13.5 Å². The predicted molar refractivity (Wildman–Crippen MR) is 44.1 cm³/mol. The average molecular weight is 184 g/mol. The minimum absolute atomic E-state index is 0. The van der Waals surface area contributed by atoms with Crippen LogP contribution in [0.25, 0.3) is 0 Å². The first-order valence-electron chi connectivity index (χ1n) is 3.16. The Labute approximate surface area is 72.0 Å². The Morgan fingerprint density at radius 3 is 2.18 bits per heavy atom. The van der Waals surface area contributed by atoms with E-state index in [2.05, 4.69) is 5.32 Å². The van der Waals surface area contributed by atoms with Gasteiger partial charge < -0.3 is 15.5 Å². The molecule has 0 aromatic carbocycles. The summed E-state index contributed by atoms with van der Waals surface area (Å²) >= 11 is 0. The monoisotopic (exact) mass is 183 g/mol. The Kier molecular flexibility index (Phi) is 6.46. The van der Waals surface area contributed by atoms with Gasteiger partial charge in [0.05, 0.1) is 6.61 Å². The fraction of sp³-hybridized carbons (Fsp3) is 0.833. The summed E-state index contributed by atoms with van der Waals surface area (Å²) in [5.74, 6) is -1.03. The van der Waals surface area contributed by atoms with Gasteiger partial charge in [0.1, 0.15) is 5.54 Å². The number of hydrogen-bond acceptors (Lipinski definition) is 3. The van der Waals surface area contributed by atoms with Gasteiger partial charge in [-0.2, -0.15) is 0 Å². The van der Waals surface area contributed by atoms with Crippen LogP contribution < -0.4 is 5.32 Å². The molecule has 0 amide bonds. The van der Waals surface area contributed by atoms with Gasteiger partial charge in [0, 0.05) is 0 Å². The number of rotatable bonds is 4. The number of aliphatic hydroxyl groups is 1. The second kappa shape index (κ2) is 5.35. The first-order chi connectivity index (χ1) is 4.56. The third-order valence-corrected chi connectivity index (χ3v) is 1.36. The maximum atomic E-state index is 10.4. The molecule has 0 aliphatic heterocycles. The zero-order valence-corrected chi connectivity index (χ0v) is 7.44. The molecular weight excluding hydrogens is 170 g/mol. The van der Waals surface area contributed by atoms with Gasteiger partial charge in [-0.1, -0.05) is 6.92 Å². The molecule has 0 saturated carbocycles. The Hall–Kier alpha value is -0.320. The number of aliphatic hydroxyl groups excluding tert-OH is 1. The van der Waals surface area contributed by atoms with E-state index in [1.54, 1.807) is 6.92 Å². The number of carboxylic acid groups (broad SMARTS) is 1. The van der Waals surface area contributed by atoms with Gasteiger partial charge in [-0.25, -0.2) is 0 Å². The summed E-state index contributed by atoms with van der Waals surface area (Å²) in [5.41, 5.74) is -1.19. The van der Waals surface area contributed by atoms with Crippen molar-refractivity contribution in [1.82, 2.24) is 5.32 Å². The zero-order valence-electron chi connectivity index (χ0n) is 6.63. The van der Waals surface area contributed by atoms with E-state index in [0.717, 1.165) is 0 Å². The molecule has 0 radical (unpaired) electrons. The molecule has 0 aromatic rings. The zero-order chi connectivity index (χ0) is 8.20. The van der Waals surface area contributed by atoms with Crippen LogP contribution in [0.15, 0.2) is 0 Å². The van der Waals surface area contributed by atoms with Crippen LogP contribution in [0.3, 0.4) is 0 Å². The lowest BCUT2D eigenvalue weighted by Crippen LogP contribution is -2.52. The maximum absolute atomic E-state index is 10.4. The fourth-order valence-corrected chi connectivity index (χ4v) is 0.589. The molecule has 0 aromatic heterocycles. The predicted octanol–water partition coefficient (Wildman–Crippen LogP) is -0.147. The Bertz CT molecular complexity index is 131. The van der Waals surface area contributed by atoms with E-state index in [1.807, 2.05) is 0 Å². The number of carboxylic acids is 1. The third kappa shape index (κ3) is 3.55. The van der Waals surface area contributed by atoms with Crippen LogP contribution in [0, 0.1) is 0 Å². The highest BCUT2D eigenvalue weighted by Crippen LogP contribution is 2.00. The molecule has 0 fully saturated rings. The molecule has 11 heavy (non-hydrogen) atoms. The Morgan fingerprint density at radius 1 is 1.64 bits per heavy atom. The molecule has 0 heterocycles. The molecule has 4 nitrogen and oxygen atoms in total. The molecule has 1 atom stereocenters. The SMILES string of the molecule is CCNC(C)(CO)C(=O)O.Cl. The van der Waals surface area contributed by atoms with E-state index >= 15 is 0 Å². The van der Waals surface area contributed by atoms with E-state index < -0.39 is 18.1 Å². The Balaban J connectivity index is 0. The highest BCUT2D eigenvalue weighted by Gasteiger charge is 2.30. The number of likely N-dealkylation sites (N-methyl/N-ethyl adjacent to an activating group) is 1. The van der Waals surface area contributed by atoms with Crippen molar-refractivity contribution >= 4 is 18.4 Å². The van der Waals surface area contributed by atoms with Gasteiger partial charge >= 0.3 is 5.97 Å². The van der Waals surface area contributed by atoms with Gasteiger partial charge in [0.2, 0.25) is 0 Å². The fourth-order valence-electron chi connectivity index (χ4n) is 0.589. The van der Waals surface area contributed by atoms with Crippen molar-refractivity contribution in [3.05, 3.63) is 0 Å². The van der Waals surface area contributed by atoms with Gasteiger partial charge in [0.25, 0.3) is 0 Å². The molecule has 0 aliphatic rings. The van der Waals surface area contributed by atoms with Gasteiger partial charge in [0.15, 0.2) is 0 Å². The molecule has 0 aliphatic carbocycles. The molecular formula is C6H14ClNO3. The van der Waals surface area contributed by atoms with Crippen LogP contribution in [0.4, 0.5) is 0 Å². The van der Waals surface area contributed by atoms with E-state index in [0.29, 0.717) is 6.54 Å². The summed E-state index contributed by atoms with van der Waals surface area (Å²) in [5, 5.41) is 19.8. The topological polar surface area (TPSA) is 69.6 Å². The van der Waals surface area contributed by atoms with Crippen molar-refractivity contribution in [1.29, 1.82) is 0 Å². The van der Waals surface area contributed by atoms with E-state index in [1.165, 1.54) is 6.92 Å². The number of aliphatic carboxylic acids is 1. The van der Waals surface area contributed by atoms with E-state index in [4.69, 9.17) is 10.2 Å². The molecule has 68 valence electrons. The lowest BCUT2D eigenvalue weighted by Gasteiger charge is -2.22. The van der Waals surface area contributed by atoms with E-state index in [9.17, 15) is 4.79 Å². The number of carbonyl (C=O) groups is 1. The number of halogens is 1. The summed E-state index contributed by atoms with van der Waals surface area (Å²) in [6.07, 6.45) is 0. The number of nitrogens with one attached hydrogen (secondary N) is 1. The second-order valence-electron chi connectivity index (χ2n) is 2.33. The van der Waals surface area contributed by atoms with Crippen molar-refractivity contribution in [2.45, 2.75) is 19.4 Å². The summed E-state index contributed by atoms with van der Waals surface area (Å²) in [4.78, 5) is 10.4. The first-order valence-corrected chi connectivity index (χ1v) is 3.16. The summed E-state index contributed by atoms with van der Waals surface area (Å²) in [6, 6.07) is 0. The second-order valence-corrected chi connectivity index (χ2v) is 2.33. The molecule has 5 heteroatoms. The molecule has 0 saturated heterocycles. The lowest BCUT2D eigenvalue weighted by atomic mass is 10.1. The molecule has 0 spiro atoms. The number of hydrogen-bond donors (Lipinski definition) is 3. The van der Waals surface area contributed by atoms with Crippen LogP contribution in [0.1, 0.15) is 13.8 Å². The van der Waals surface area contributed by atoms with Crippen molar-refractivity contribution in [3.63, 3.8) is 0 Å². The largest absolute Gasteiger partial charge is 0.480 e. The van der Waals surface area contributed by atoms with Crippen molar-refractivity contribution in [3.8, 4) is 0 Å². The van der Waals surface area contributed by atoms with Crippen molar-refractivity contribution in [2.24, 2.45) is 0 Å². The quantitative estimate of drug-likeness (QED) is 0.567. The minimum Gasteiger partial charge on any atom is -0.480 e. The van der Waals surface area contributed by atoms with Gasteiger partial charge in [-0.15, -0.1) is 12.4 Å². The minimum atomic E-state index is -1.19. The highest BCUT2D eigenvalue weighted by molar-refractivity contribution is 5.85. The van der Waals surface area contributed by atoms with Crippen LogP contribution in [0.2, 0.25) is 0 Å². The van der Waals surface area contributed by atoms with Crippen LogP contribution in [-0.4, -0.2) is 34.9 Å². The highest BCUT2D eigenvalue weighted by atomic mass is 35.5. The standard InChI is InChI=1S/C6H13NO3.ClH/c1-3-7-6(2,4-8)5(9)10;/h7-8H,3-4H2,1-2H3,(H,9,10);1H. The van der Waals surface area contributed by atoms with Crippen molar-refractivity contribution in [2.75, 3.05) is 13.2 Å². The third-order valence-electron chi connectivity index (χ3n) is 1.36. The summed E-state index contributed by atoms with van der Waals surface area (Å²) < 4.78 is 0. The normalized spacial score (nSPS) is 14.8. The molecule has 3 N–H and O–H groups in total. The van der Waals surface area contributed by atoms with Gasteiger partial charge in [-0.3, -0.25) is 4.79 Å². The molecule has 1 unspecified atom stereocenters. The maximum Gasteiger partial charge on any atom is 0.326 e. The van der Waals surface area contributed by atoms with Crippen LogP contribution in [0.5, 0.6) is 0 Å². The molecule has 0 bridgehead atoms. The smallest absolute Gasteiger partial charge is 0.326 e. The summed E-state index contributed by atoms with van der Waals surface area (Å²) in [6.45, 7) is 3.37. The van der Waals surface area contributed by atoms with Crippen LogP contribution in [-0.2, 0) is 4.79 Å². The average Bonchev–Trinajstić information content (AvgIpc) is 1.88.